The molecule has 2 aliphatic rings. The Bertz CT molecular complexity index is 1140. The molecular weight excluding hydrogens is 461 g/mol. The molecule has 0 aliphatic carbocycles. The lowest BCUT2D eigenvalue weighted by Gasteiger charge is -2.37. The average Bonchev–Trinajstić information content (AvgIpc) is 3.28. The van der Waals surface area contributed by atoms with Gasteiger partial charge in [0.2, 0.25) is 5.91 Å². The second-order valence-electron chi connectivity index (χ2n) is 10.2. The van der Waals surface area contributed by atoms with Crippen LogP contribution in [0.2, 0.25) is 0 Å². The van der Waals surface area contributed by atoms with E-state index in [9.17, 15) is 22.8 Å². The summed E-state index contributed by atoms with van der Waals surface area (Å²) in [6, 6.07) is 5.84. The molecule has 2 aliphatic heterocycles. The molecule has 1 spiro atoms. The third-order valence-electron chi connectivity index (χ3n) is 6.48. The molecule has 2 amide bonds. The van der Waals surface area contributed by atoms with Crippen molar-refractivity contribution in [1.82, 2.24) is 19.8 Å². The molecule has 2 aromatic rings. The molecule has 1 aromatic heterocycles. The number of carbonyl (C=O) groups is 2. The molecule has 188 valence electrons. The first-order valence-electron chi connectivity index (χ1n) is 11.5. The lowest BCUT2D eigenvalue weighted by molar-refractivity contribution is -0.137. The van der Waals surface area contributed by atoms with Crippen LogP contribution < -0.4 is 0 Å². The summed E-state index contributed by atoms with van der Waals surface area (Å²) in [6.45, 7) is 7.57. The molecule has 35 heavy (non-hydrogen) atoms. The van der Waals surface area contributed by atoms with Crippen LogP contribution in [0.1, 0.15) is 63.2 Å². The van der Waals surface area contributed by atoms with E-state index in [1.165, 1.54) is 17.0 Å². The van der Waals surface area contributed by atoms with E-state index in [0.29, 0.717) is 48.6 Å². The Morgan fingerprint density at radius 2 is 1.77 bits per heavy atom. The minimum atomic E-state index is -4.43. The summed E-state index contributed by atoms with van der Waals surface area (Å²) in [5.74, 6) is 0.200. The van der Waals surface area contributed by atoms with Crippen LogP contribution in [0.5, 0.6) is 0 Å². The second kappa shape index (κ2) is 8.49. The highest BCUT2D eigenvalue weighted by atomic mass is 19.4. The Morgan fingerprint density at radius 3 is 2.31 bits per heavy atom. The van der Waals surface area contributed by atoms with Gasteiger partial charge in [0.05, 0.1) is 17.3 Å². The van der Waals surface area contributed by atoms with E-state index in [2.05, 4.69) is 9.97 Å². The minimum absolute atomic E-state index is 0.138. The maximum Gasteiger partial charge on any atom is 0.416 e. The van der Waals surface area contributed by atoms with E-state index < -0.39 is 35.0 Å². The van der Waals surface area contributed by atoms with Gasteiger partial charge in [0.15, 0.2) is 5.82 Å². The third-order valence-corrected chi connectivity index (χ3v) is 6.48. The fraction of sp³-hybridized carbons (Fsp3) is 0.520. The maximum atomic E-state index is 13.4. The molecule has 7 nitrogen and oxygen atoms in total. The van der Waals surface area contributed by atoms with Crippen LogP contribution in [0.3, 0.4) is 0 Å². The summed E-state index contributed by atoms with van der Waals surface area (Å²) in [7, 11) is 1.71. The highest BCUT2D eigenvalue weighted by molar-refractivity contribution is 5.92. The van der Waals surface area contributed by atoms with Gasteiger partial charge in [-0.05, 0) is 65.2 Å². The van der Waals surface area contributed by atoms with Crippen molar-refractivity contribution < 1.29 is 27.5 Å². The first-order valence-corrected chi connectivity index (χ1v) is 11.5. The summed E-state index contributed by atoms with van der Waals surface area (Å²) in [5.41, 5.74) is -0.991. The van der Waals surface area contributed by atoms with Gasteiger partial charge in [0.25, 0.3) is 0 Å². The monoisotopic (exact) mass is 490 g/mol. The molecule has 2 atom stereocenters. The van der Waals surface area contributed by atoms with Gasteiger partial charge in [-0.2, -0.15) is 13.2 Å². The number of nitrogens with zero attached hydrogens (tertiary/aromatic N) is 4. The van der Waals surface area contributed by atoms with Gasteiger partial charge in [-0.25, -0.2) is 14.8 Å². The lowest BCUT2D eigenvalue weighted by atomic mass is 9.94. The zero-order chi connectivity index (χ0) is 25.8. The van der Waals surface area contributed by atoms with E-state index in [-0.39, 0.29) is 5.91 Å². The van der Waals surface area contributed by atoms with Gasteiger partial charge in [-0.1, -0.05) is 12.1 Å². The number of hydrogen-bond acceptors (Lipinski definition) is 5. The van der Waals surface area contributed by atoms with Crippen LogP contribution in [0.25, 0.3) is 11.3 Å². The molecule has 3 heterocycles. The number of benzene rings is 1. The summed E-state index contributed by atoms with van der Waals surface area (Å²) in [5, 5.41) is 0. The van der Waals surface area contributed by atoms with Crippen molar-refractivity contribution in [3.05, 3.63) is 47.4 Å². The zero-order valence-corrected chi connectivity index (χ0v) is 20.4. The average molecular weight is 491 g/mol. The molecule has 0 unspecified atom stereocenters. The van der Waals surface area contributed by atoms with Crippen molar-refractivity contribution in [1.29, 1.82) is 0 Å². The van der Waals surface area contributed by atoms with E-state index >= 15 is 0 Å². The molecule has 4 rings (SSSR count). The van der Waals surface area contributed by atoms with Crippen LogP contribution in [-0.2, 0) is 15.7 Å². The number of amides is 2. The van der Waals surface area contributed by atoms with Crippen molar-refractivity contribution in [2.45, 2.75) is 70.3 Å². The fourth-order valence-corrected chi connectivity index (χ4v) is 4.87. The number of hydrogen-bond donors (Lipinski definition) is 0. The van der Waals surface area contributed by atoms with Crippen molar-refractivity contribution in [2.24, 2.45) is 0 Å². The SMILES string of the molecule is Cc1cc(-c2ccc(C(F)(F)F)cc2)nc([C@H]2CC[C@@]3(CCN(C)C3=O)N2C(=O)OC(C)(C)C)n1. The summed E-state index contributed by atoms with van der Waals surface area (Å²) in [6.07, 6.45) is -3.64. The third kappa shape index (κ3) is 4.70. The van der Waals surface area contributed by atoms with Gasteiger partial charge in [0, 0.05) is 24.8 Å². The number of aromatic nitrogens is 2. The second-order valence-corrected chi connectivity index (χ2v) is 10.2. The van der Waals surface area contributed by atoms with Crippen molar-refractivity contribution in [3.8, 4) is 11.3 Å². The lowest BCUT2D eigenvalue weighted by Crippen LogP contribution is -2.54. The highest BCUT2D eigenvalue weighted by Crippen LogP contribution is 2.48. The van der Waals surface area contributed by atoms with E-state index in [1.807, 2.05) is 0 Å². The van der Waals surface area contributed by atoms with E-state index in [4.69, 9.17) is 4.74 Å². The number of alkyl halides is 3. The number of halogens is 3. The smallest absolute Gasteiger partial charge is 0.416 e. The minimum Gasteiger partial charge on any atom is -0.444 e. The normalized spacial score (nSPS) is 22.9. The van der Waals surface area contributed by atoms with Crippen LogP contribution >= 0.6 is 0 Å². The van der Waals surface area contributed by atoms with Gasteiger partial charge in [-0.3, -0.25) is 9.69 Å². The number of ether oxygens (including phenoxy) is 1. The highest BCUT2D eigenvalue weighted by Gasteiger charge is 2.59. The quantitative estimate of drug-likeness (QED) is 0.583. The van der Waals surface area contributed by atoms with Crippen LogP contribution in [0.15, 0.2) is 30.3 Å². The van der Waals surface area contributed by atoms with E-state index in [0.717, 1.165) is 12.1 Å². The Balaban J connectivity index is 1.74. The first kappa shape index (κ1) is 24.9. The number of likely N-dealkylation sites (tertiary alicyclic amines) is 2. The van der Waals surface area contributed by atoms with Gasteiger partial charge in [-0.15, -0.1) is 0 Å². The Labute approximate surface area is 202 Å². The molecular formula is C25H29F3N4O3. The maximum absolute atomic E-state index is 13.4. The number of carbonyl (C=O) groups excluding carboxylic acids is 2. The number of rotatable bonds is 2. The molecule has 0 N–H and O–H groups in total. The Morgan fingerprint density at radius 1 is 1.11 bits per heavy atom. The molecule has 2 fully saturated rings. The molecule has 0 bridgehead atoms. The first-order chi connectivity index (χ1) is 16.2. The molecule has 1 aromatic carbocycles. The van der Waals surface area contributed by atoms with Crippen molar-refractivity contribution in [3.63, 3.8) is 0 Å². The van der Waals surface area contributed by atoms with Crippen LogP contribution in [0.4, 0.5) is 18.0 Å². The molecule has 10 heteroatoms. The zero-order valence-electron chi connectivity index (χ0n) is 20.4. The van der Waals surface area contributed by atoms with E-state index in [1.54, 1.807) is 45.7 Å². The summed E-state index contributed by atoms with van der Waals surface area (Å²) < 4.78 is 44.7. The predicted molar refractivity (Wildman–Crippen MR) is 122 cm³/mol. The summed E-state index contributed by atoms with van der Waals surface area (Å²) in [4.78, 5) is 38.9. The van der Waals surface area contributed by atoms with Crippen LogP contribution in [0, 0.1) is 6.92 Å². The van der Waals surface area contributed by atoms with Gasteiger partial charge >= 0.3 is 12.3 Å². The standard InChI is InChI=1S/C25H29F3N4O3/c1-15-14-18(16-6-8-17(9-7-16)25(26,27)28)30-20(29-15)19-10-11-24(12-13-31(5)21(24)33)32(19)22(34)35-23(2,3)4/h6-9,14,19H,10-13H2,1-5H3/t19-,24+/m1/s1. The molecule has 0 saturated carbocycles. The molecule has 0 radical (unpaired) electrons. The fourth-order valence-electron chi connectivity index (χ4n) is 4.87. The van der Waals surface area contributed by atoms with Gasteiger partial charge < -0.3 is 9.64 Å². The molecule has 2 saturated heterocycles. The number of likely N-dealkylation sites (N-methyl/N-ethyl adjacent to an activating group) is 1. The summed E-state index contributed by atoms with van der Waals surface area (Å²) >= 11 is 0. The van der Waals surface area contributed by atoms with Gasteiger partial charge in [0.1, 0.15) is 11.1 Å². The number of aryl methyl sites for hydroxylation is 1. The van der Waals surface area contributed by atoms with Crippen molar-refractivity contribution in [2.75, 3.05) is 13.6 Å². The Hall–Kier alpha value is -3.17. The largest absolute Gasteiger partial charge is 0.444 e. The predicted octanol–water partition coefficient (Wildman–Crippen LogP) is 5.14. The Kier molecular flexibility index (Phi) is 6.05. The topological polar surface area (TPSA) is 75.6 Å². The van der Waals surface area contributed by atoms with Crippen LogP contribution in [-0.4, -0.2) is 56.5 Å². The van der Waals surface area contributed by atoms with Crippen molar-refractivity contribution >= 4 is 12.0 Å².